The number of hydrogen-bond donors (Lipinski definition) is 0. The Balaban J connectivity index is 2.11. The molecular formula is C14H22BrN3O. The Morgan fingerprint density at radius 2 is 2.26 bits per heavy atom. The molecule has 1 fully saturated rings. The Labute approximate surface area is 123 Å². The molecule has 2 heterocycles. The summed E-state index contributed by atoms with van der Waals surface area (Å²) in [5.74, 6) is 1.94. The van der Waals surface area contributed by atoms with E-state index in [0.717, 1.165) is 61.6 Å². The first-order chi connectivity index (χ1) is 9.22. The van der Waals surface area contributed by atoms with Crippen molar-refractivity contribution in [2.24, 2.45) is 0 Å². The molecule has 0 spiro atoms. The molecule has 0 radical (unpaired) electrons. The zero-order valence-electron chi connectivity index (χ0n) is 11.7. The summed E-state index contributed by atoms with van der Waals surface area (Å²) in [6.45, 7) is 6.98. The van der Waals surface area contributed by atoms with Crippen LogP contribution in [0.1, 0.15) is 38.9 Å². The van der Waals surface area contributed by atoms with E-state index in [1.165, 1.54) is 0 Å². The summed E-state index contributed by atoms with van der Waals surface area (Å²) >= 11 is 3.49. The van der Waals surface area contributed by atoms with Gasteiger partial charge < -0.3 is 9.64 Å². The smallest absolute Gasteiger partial charge is 0.133 e. The first-order valence-corrected chi connectivity index (χ1v) is 7.92. The second-order valence-corrected chi connectivity index (χ2v) is 5.69. The summed E-state index contributed by atoms with van der Waals surface area (Å²) in [6.07, 6.45) is 4.64. The van der Waals surface area contributed by atoms with Crippen molar-refractivity contribution in [3.63, 3.8) is 0 Å². The second kappa shape index (κ2) is 7.20. The van der Waals surface area contributed by atoms with E-state index in [2.05, 4.69) is 44.6 Å². The van der Waals surface area contributed by atoms with Crippen molar-refractivity contribution in [1.82, 2.24) is 9.97 Å². The summed E-state index contributed by atoms with van der Waals surface area (Å²) < 4.78 is 6.62. The highest BCUT2D eigenvalue weighted by atomic mass is 79.9. The monoisotopic (exact) mass is 327 g/mol. The first-order valence-electron chi connectivity index (χ1n) is 7.13. The van der Waals surface area contributed by atoms with Crippen molar-refractivity contribution in [3.05, 3.63) is 16.5 Å². The molecular weight excluding hydrogens is 306 g/mol. The number of hydrogen-bond acceptors (Lipinski definition) is 4. The predicted molar refractivity (Wildman–Crippen MR) is 80.6 cm³/mol. The van der Waals surface area contributed by atoms with Crippen LogP contribution in [-0.4, -0.2) is 35.8 Å². The molecule has 1 aromatic heterocycles. The summed E-state index contributed by atoms with van der Waals surface area (Å²) in [4.78, 5) is 11.4. The van der Waals surface area contributed by atoms with E-state index in [-0.39, 0.29) is 0 Å². The van der Waals surface area contributed by atoms with Crippen molar-refractivity contribution >= 4 is 21.7 Å². The lowest BCUT2D eigenvalue weighted by atomic mass is 10.1. The Bertz CT molecular complexity index is 412. The highest BCUT2D eigenvalue weighted by Gasteiger charge is 2.21. The number of piperidine rings is 1. The molecule has 0 N–H and O–H groups in total. The molecule has 1 aliphatic rings. The van der Waals surface area contributed by atoms with Crippen LogP contribution in [0.2, 0.25) is 0 Å². The number of nitrogens with zero attached hydrogens (tertiary/aromatic N) is 3. The minimum atomic E-state index is 0.335. The van der Waals surface area contributed by atoms with Crippen LogP contribution in [0.25, 0.3) is 0 Å². The quantitative estimate of drug-likeness (QED) is 0.778. The van der Waals surface area contributed by atoms with Gasteiger partial charge in [-0.25, -0.2) is 9.97 Å². The molecule has 0 saturated carbocycles. The number of halogens is 1. The van der Waals surface area contributed by atoms with E-state index >= 15 is 0 Å². The van der Waals surface area contributed by atoms with Crippen LogP contribution < -0.4 is 4.90 Å². The average molecular weight is 328 g/mol. The fourth-order valence-corrected chi connectivity index (χ4v) is 2.88. The van der Waals surface area contributed by atoms with Gasteiger partial charge >= 0.3 is 0 Å². The van der Waals surface area contributed by atoms with Crippen molar-refractivity contribution in [3.8, 4) is 0 Å². The second-order valence-electron chi connectivity index (χ2n) is 4.88. The van der Waals surface area contributed by atoms with E-state index in [1.807, 2.05) is 6.07 Å². The summed E-state index contributed by atoms with van der Waals surface area (Å²) in [5, 5.41) is 0. The van der Waals surface area contributed by atoms with Gasteiger partial charge in [-0.15, -0.1) is 0 Å². The summed E-state index contributed by atoms with van der Waals surface area (Å²) in [6, 6.07) is 2.01. The molecule has 1 unspecified atom stereocenters. The van der Waals surface area contributed by atoms with Crippen LogP contribution in [0, 0.1) is 0 Å². The third kappa shape index (κ3) is 4.14. The molecule has 0 amide bonds. The van der Waals surface area contributed by atoms with Crippen LogP contribution in [0.15, 0.2) is 10.7 Å². The van der Waals surface area contributed by atoms with Crippen LogP contribution in [0.4, 0.5) is 5.82 Å². The number of ether oxygens (including phenoxy) is 1. The number of rotatable bonds is 5. The fourth-order valence-electron chi connectivity index (χ4n) is 2.47. The summed E-state index contributed by atoms with van der Waals surface area (Å²) in [5.41, 5.74) is 0. The average Bonchev–Trinajstić information content (AvgIpc) is 2.39. The highest BCUT2D eigenvalue weighted by molar-refractivity contribution is 9.10. The number of aromatic nitrogens is 2. The van der Waals surface area contributed by atoms with Crippen molar-refractivity contribution in [2.45, 2.75) is 45.6 Å². The van der Waals surface area contributed by atoms with E-state index in [4.69, 9.17) is 4.74 Å². The van der Waals surface area contributed by atoms with Crippen LogP contribution in [-0.2, 0) is 11.2 Å². The Morgan fingerprint density at radius 3 is 3.00 bits per heavy atom. The zero-order valence-corrected chi connectivity index (χ0v) is 13.3. The molecule has 0 aromatic carbocycles. The van der Waals surface area contributed by atoms with E-state index in [0.29, 0.717) is 6.10 Å². The van der Waals surface area contributed by atoms with Gasteiger partial charge in [0.1, 0.15) is 16.2 Å². The van der Waals surface area contributed by atoms with E-state index in [1.54, 1.807) is 0 Å². The maximum Gasteiger partial charge on any atom is 0.133 e. The third-order valence-electron chi connectivity index (χ3n) is 3.31. The van der Waals surface area contributed by atoms with Gasteiger partial charge in [-0.05, 0) is 42.1 Å². The number of anilines is 1. The minimum Gasteiger partial charge on any atom is -0.377 e. The molecule has 106 valence electrons. The lowest BCUT2D eigenvalue weighted by Gasteiger charge is -2.33. The largest absolute Gasteiger partial charge is 0.377 e. The van der Waals surface area contributed by atoms with Gasteiger partial charge in [0.05, 0.1) is 6.10 Å². The van der Waals surface area contributed by atoms with Crippen LogP contribution in [0.5, 0.6) is 0 Å². The van der Waals surface area contributed by atoms with Crippen LogP contribution >= 0.6 is 15.9 Å². The normalized spacial score (nSPS) is 19.7. The van der Waals surface area contributed by atoms with Crippen LogP contribution in [0.3, 0.4) is 0 Å². The zero-order chi connectivity index (χ0) is 13.7. The molecule has 0 bridgehead atoms. The molecule has 1 saturated heterocycles. The third-order valence-corrected chi connectivity index (χ3v) is 3.71. The van der Waals surface area contributed by atoms with Gasteiger partial charge in [-0.3, -0.25) is 0 Å². The standard InChI is InChI=1S/C14H22BrN3O/c1-3-6-13-16-12(15)9-14(17-13)18-8-5-7-11(10-18)19-4-2/h9,11H,3-8,10H2,1-2H3. The van der Waals surface area contributed by atoms with Gasteiger partial charge in [-0.1, -0.05) is 6.92 Å². The summed E-state index contributed by atoms with van der Waals surface area (Å²) in [7, 11) is 0. The lowest BCUT2D eigenvalue weighted by molar-refractivity contribution is 0.0525. The SMILES string of the molecule is CCCc1nc(Br)cc(N2CCCC(OCC)C2)n1. The molecule has 1 atom stereocenters. The van der Waals surface area contributed by atoms with Crippen molar-refractivity contribution in [2.75, 3.05) is 24.6 Å². The lowest BCUT2D eigenvalue weighted by Crippen LogP contribution is -2.40. The Kier molecular flexibility index (Phi) is 5.58. The van der Waals surface area contributed by atoms with Crippen molar-refractivity contribution in [1.29, 1.82) is 0 Å². The molecule has 2 rings (SSSR count). The minimum absolute atomic E-state index is 0.335. The van der Waals surface area contributed by atoms with Gasteiger partial charge in [0, 0.05) is 32.2 Å². The predicted octanol–water partition coefficient (Wildman–Crippen LogP) is 3.20. The highest BCUT2D eigenvalue weighted by Crippen LogP contribution is 2.22. The number of aryl methyl sites for hydroxylation is 1. The van der Waals surface area contributed by atoms with Gasteiger partial charge in [-0.2, -0.15) is 0 Å². The van der Waals surface area contributed by atoms with Gasteiger partial charge in [0.25, 0.3) is 0 Å². The van der Waals surface area contributed by atoms with Gasteiger partial charge in [0.15, 0.2) is 0 Å². The Morgan fingerprint density at radius 1 is 1.42 bits per heavy atom. The molecule has 1 aromatic rings. The molecule has 1 aliphatic heterocycles. The fraction of sp³-hybridized carbons (Fsp3) is 0.714. The van der Waals surface area contributed by atoms with Crippen molar-refractivity contribution < 1.29 is 4.74 Å². The topological polar surface area (TPSA) is 38.2 Å². The molecule has 5 heteroatoms. The van der Waals surface area contributed by atoms with E-state index in [9.17, 15) is 0 Å². The maximum absolute atomic E-state index is 5.75. The first kappa shape index (κ1) is 14.7. The van der Waals surface area contributed by atoms with Gasteiger partial charge in [0.2, 0.25) is 0 Å². The molecule has 4 nitrogen and oxygen atoms in total. The molecule has 19 heavy (non-hydrogen) atoms. The molecule has 0 aliphatic carbocycles. The Hall–Kier alpha value is -0.680. The maximum atomic E-state index is 5.75. The van der Waals surface area contributed by atoms with E-state index < -0.39 is 0 Å².